The second-order valence-corrected chi connectivity index (χ2v) is 8.66. The van der Waals surface area contributed by atoms with E-state index in [-0.39, 0.29) is 11.5 Å². The van der Waals surface area contributed by atoms with Crippen molar-refractivity contribution in [3.05, 3.63) is 23.4 Å². The first-order valence-corrected chi connectivity index (χ1v) is 10.2. The molecule has 1 atom stereocenters. The number of aromatic nitrogens is 1. The molecular formula is C21H31N3O2. The number of amides is 1. The van der Waals surface area contributed by atoms with Crippen LogP contribution in [-0.4, -0.2) is 52.7 Å². The molecule has 3 heterocycles. The fraction of sp³-hybridized carbons (Fsp3) is 0.714. The minimum absolute atomic E-state index is 0.168. The van der Waals surface area contributed by atoms with Gasteiger partial charge in [-0.3, -0.25) is 4.79 Å². The molecule has 1 aromatic rings. The van der Waals surface area contributed by atoms with E-state index >= 15 is 0 Å². The van der Waals surface area contributed by atoms with Crippen LogP contribution in [0.2, 0.25) is 0 Å². The molecule has 2 saturated heterocycles. The lowest BCUT2D eigenvalue weighted by Gasteiger charge is -2.41. The topological polar surface area (TPSA) is 56.7 Å². The molecule has 4 rings (SSSR count). The molecule has 1 aliphatic carbocycles. The van der Waals surface area contributed by atoms with Crippen molar-refractivity contribution < 1.29 is 9.90 Å². The molecule has 0 bridgehead atoms. The van der Waals surface area contributed by atoms with E-state index in [1.165, 1.54) is 5.56 Å². The summed E-state index contributed by atoms with van der Waals surface area (Å²) in [6, 6.07) is 4.58. The smallest absolute Gasteiger partial charge is 0.230 e. The molecule has 3 fully saturated rings. The molecule has 1 aromatic heterocycles. The van der Waals surface area contributed by atoms with Crippen LogP contribution in [0, 0.1) is 19.3 Å². The molecule has 2 aliphatic heterocycles. The number of anilines is 1. The normalized spacial score (nSPS) is 32.5. The second kappa shape index (κ2) is 6.84. The fourth-order valence-corrected chi connectivity index (χ4v) is 5.25. The first-order chi connectivity index (χ1) is 12.5. The third-order valence-electron chi connectivity index (χ3n) is 6.64. The Kier molecular flexibility index (Phi) is 4.68. The van der Waals surface area contributed by atoms with Crippen LogP contribution in [0.15, 0.2) is 12.1 Å². The number of aliphatic hydroxyl groups excluding tert-OH is 1. The third kappa shape index (κ3) is 3.22. The van der Waals surface area contributed by atoms with Gasteiger partial charge in [0.25, 0.3) is 0 Å². The van der Waals surface area contributed by atoms with Gasteiger partial charge in [0, 0.05) is 31.4 Å². The summed E-state index contributed by atoms with van der Waals surface area (Å²) in [5, 5.41) is 9.77. The van der Waals surface area contributed by atoms with Crippen LogP contribution in [-0.2, 0) is 4.79 Å². The first kappa shape index (κ1) is 17.8. The average Bonchev–Trinajstić information content (AvgIpc) is 2.91. The first-order valence-electron chi connectivity index (χ1n) is 10.2. The summed E-state index contributed by atoms with van der Waals surface area (Å²) in [5.41, 5.74) is 2.04. The van der Waals surface area contributed by atoms with Crippen molar-refractivity contribution in [3.63, 3.8) is 0 Å². The Labute approximate surface area is 156 Å². The SMILES string of the molecule is Cc1cc(C)nc(N2CCCC3(CCN(C4CCC(O)CC4)C3=O)C2)c1. The Bertz CT molecular complexity index is 664. The van der Waals surface area contributed by atoms with Crippen molar-refractivity contribution >= 4 is 11.7 Å². The zero-order chi connectivity index (χ0) is 18.3. The Morgan fingerprint density at radius 2 is 1.88 bits per heavy atom. The minimum Gasteiger partial charge on any atom is -0.393 e. The van der Waals surface area contributed by atoms with Gasteiger partial charge < -0.3 is 14.9 Å². The maximum atomic E-state index is 13.4. The molecule has 142 valence electrons. The highest BCUT2D eigenvalue weighted by Gasteiger charge is 2.50. The lowest BCUT2D eigenvalue weighted by Crippen LogP contribution is -2.50. The number of rotatable bonds is 2. The zero-order valence-corrected chi connectivity index (χ0v) is 16.1. The van der Waals surface area contributed by atoms with Gasteiger partial charge in [0.2, 0.25) is 5.91 Å². The number of carbonyl (C=O) groups excluding carboxylic acids is 1. The predicted octanol–water partition coefficient (Wildman–Crippen LogP) is 2.82. The van der Waals surface area contributed by atoms with E-state index in [1.807, 2.05) is 6.92 Å². The predicted molar refractivity (Wildman–Crippen MR) is 102 cm³/mol. The van der Waals surface area contributed by atoms with Crippen molar-refractivity contribution in [2.75, 3.05) is 24.5 Å². The van der Waals surface area contributed by atoms with Crippen LogP contribution in [0.25, 0.3) is 0 Å². The molecule has 0 radical (unpaired) electrons. The highest BCUT2D eigenvalue weighted by atomic mass is 16.3. The molecule has 1 unspecified atom stereocenters. The Balaban J connectivity index is 1.50. The monoisotopic (exact) mass is 357 g/mol. The van der Waals surface area contributed by atoms with Crippen molar-refractivity contribution in [3.8, 4) is 0 Å². The van der Waals surface area contributed by atoms with Gasteiger partial charge in [-0.15, -0.1) is 0 Å². The lowest BCUT2D eigenvalue weighted by atomic mass is 9.78. The molecule has 3 aliphatic rings. The molecule has 1 N–H and O–H groups in total. The van der Waals surface area contributed by atoms with Crippen LogP contribution in [0.3, 0.4) is 0 Å². The van der Waals surface area contributed by atoms with Gasteiger partial charge in [0.15, 0.2) is 0 Å². The second-order valence-electron chi connectivity index (χ2n) is 8.66. The molecule has 5 nitrogen and oxygen atoms in total. The molecule has 1 spiro atoms. The van der Waals surface area contributed by atoms with Gasteiger partial charge in [-0.1, -0.05) is 0 Å². The minimum atomic E-state index is -0.229. The van der Waals surface area contributed by atoms with Crippen molar-refractivity contribution in [1.82, 2.24) is 9.88 Å². The molecule has 26 heavy (non-hydrogen) atoms. The van der Waals surface area contributed by atoms with Crippen LogP contribution in [0.1, 0.15) is 56.2 Å². The number of aliphatic hydroxyl groups is 1. The maximum absolute atomic E-state index is 13.4. The summed E-state index contributed by atoms with van der Waals surface area (Å²) in [6.07, 6.45) is 6.42. The summed E-state index contributed by atoms with van der Waals surface area (Å²) >= 11 is 0. The van der Waals surface area contributed by atoms with Crippen LogP contribution in [0.5, 0.6) is 0 Å². The molecule has 5 heteroatoms. The average molecular weight is 357 g/mol. The number of likely N-dealkylation sites (tertiary alicyclic amines) is 1. The molecular weight excluding hydrogens is 326 g/mol. The van der Waals surface area contributed by atoms with Crippen molar-refractivity contribution in [2.24, 2.45) is 5.41 Å². The van der Waals surface area contributed by atoms with Crippen molar-refractivity contribution in [2.45, 2.75) is 70.9 Å². The Morgan fingerprint density at radius 3 is 2.62 bits per heavy atom. The summed E-state index contributed by atoms with van der Waals surface area (Å²) in [7, 11) is 0. The number of hydrogen-bond acceptors (Lipinski definition) is 4. The summed E-state index contributed by atoms with van der Waals surface area (Å²) in [6.45, 7) is 6.82. The van der Waals surface area contributed by atoms with E-state index < -0.39 is 0 Å². The van der Waals surface area contributed by atoms with Gasteiger partial charge in [0.1, 0.15) is 5.82 Å². The van der Waals surface area contributed by atoms with E-state index in [4.69, 9.17) is 4.98 Å². The quantitative estimate of drug-likeness (QED) is 0.884. The lowest BCUT2D eigenvalue weighted by molar-refractivity contribution is -0.139. The van der Waals surface area contributed by atoms with Crippen LogP contribution < -0.4 is 4.90 Å². The van der Waals surface area contributed by atoms with Crippen molar-refractivity contribution in [1.29, 1.82) is 0 Å². The van der Waals surface area contributed by atoms with Gasteiger partial charge in [-0.25, -0.2) is 4.98 Å². The van der Waals surface area contributed by atoms with E-state index in [1.54, 1.807) is 0 Å². The number of nitrogens with zero attached hydrogens (tertiary/aromatic N) is 3. The number of pyridine rings is 1. The van der Waals surface area contributed by atoms with Crippen LogP contribution in [0.4, 0.5) is 5.82 Å². The molecule has 1 saturated carbocycles. The highest BCUT2D eigenvalue weighted by Crippen LogP contribution is 2.43. The Morgan fingerprint density at radius 1 is 1.12 bits per heavy atom. The van der Waals surface area contributed by atoms with Gasteiger partial charge in [-0.2, -0.15) is 0 Å². The summed E-state index contributed by atoms with van der Waals surface area (Å²) < 4.78 is 0. The fourth-order valence-electron chi connectivity index (χ4n) is 5.25. The third-order valence-corrected chi connectivity index (χ3v) is 6.64. The van der Waals surface area contributed by atoms with E-state index in [2.05, 4.69) is 28.9 Å². The van der Waals surface area contributed by atoms with E-state index in [0.717, 1.165) is 76.1 Å². The summed E-state index contributed by atoms with van der Waals surface area (Å²) in [5.74, 6) is 1.38. The number of hydrogen-bond donors (Lipinski definition) is 1. The van der Waals surface area contributed by atoms with E-state index in [9.17, 15) is 9.90 Å². The standard InChI is InChI=1S/C21H31N3O2/c1-15-12-16(2)22-19(13-15)23-10-3-8-21(14-23)9-11-24(20(21)26)17-4-6-18(25)7-5-17/h12-13,17-18,25H,3-11,14H2,1-2H3. The number of piperidine rings is 1. The highest BCUT2D eigenvalue weighted by molar-refractivity contribution is 5.86. The molecule has 0 aromatic carbocycles. The van der Waals surface area contributed by atoms with Crippen LogP contribution >= 0.6 is 0 Å². The Hall–Kier alpha value is -1.62. The van der Waals surface area contributed by atoms with Gasteiger partial charge >= 0.3 is 0 Å². The number of aryl methyl sites for hydroxylation is 2. The molecule has 1 amide bonds. The van der Waals surface area contributed by atoms with Gasteiger partial charge in [0.05, 0.1) is 11.5 Å². The summed E-state index contributed by atoms with van der Waals surface area (Å²) in [4.78, 5) is 22.6. The largest absolute Gasteiger partial charge is 0.393 e. The zero-order valence-electron chi connectivity index (χ0n) is 16.1. The van der Waals surface area contributed by atoms with E-state index in [0.29, 0.717) is 11.9 Å². The number of carbonyl (C=O) groups is 1. The van der Waals surface area contributed by atoms with Gasteiger partial charge in [-0.05, 0) is 76.5 Å². The maximum Gasteiger partial charge on any atom is 0.230 e.